The number of fused-ring (bicyclic) bond motifs is 6. The summed E-state index contributed by atoms with van der Waals surface area (Å²) in [5, 5.41) is 2.30. The van der Waals surface area contributed by atoms with Gasteiger partial charge in [-0.2, -0.15) is 0 Å². The van der Waals surface area contributed by atoms with Crippen LogP contribution in [0.15, 0.2) is 176 Å². The van der Waals surface area contributed by atoms with Crippen molar-refractivity contribution in [3.05, 3.63) is 205 Å². The Kier molecular flexibility index (Phi) is 7.24. The van der Waals surface area contributed by atoms with Gasteiger partial charge in [-0.05, 0) is 112 Å². The molecule has 7 aromatic carbocycles. The van der Waals surface area contributed by atoms with Gasteiger partial charge in [-0.25, -0.2) is 0 Å². The summed E-state index contributed by atoms with van der Waals surface area (Å²) in [5.41, 5.74) is 15.8. The molecule has 53 heavy (non-hydrogen) atoms. The zero-order valence-electron chi connectivity index (χ0n) is 29.9. The molecule has 0 amide bonds. The molecule has 0 saturated carbocycles. The van der Waals surface area contributed by atoms with Crippen LogP contribution in [0.1, 0.15) is 42.9 Å². The predicted molar refractivity (Wildman–Crippen MR) is 222 cm³/mol. The van der Waals surface area contributed by atoms with Gasteiger partial charge in [-0.15, -0.1) is 0 Å². The van der Waals surface area contributed by atoms with E-state index < -0.39 is 0 Å². The van der Waals surface area contributed by atoms with Gasteiger partial charge >= 0.3 is 0 Å². The summed E-state index contributed by atoms with van der Waals surface area (Å²) in [7, 11) is 0. The lowest BCUT2D eigenvalue weighted by molar-refractivity contribution is 0.660. The smallest absolute Gasteiger partial charge is 0.0631 e. The molecule has 0 radical (unpaired) electrons. The Morgan fingerprint density at radius 1 is 0.623 bits per heavy atom. The van der Waals surface area contributed by atoms with E-state index in [1.807, 2.05) is 6.07 Å². The van der Waals surface area contributed by atoms with Crippen molar-refractivity contribution < 1.29 is 0 Å². The summed E-state index contributed by atoms with van der Waals surface area (Å²) in [5.74, 6) is 0.413. The van der Waals surface area contributed by atoms with Gasteiger partial charge in [0.1, 0.15) is 0 Å². The summed E-state index contributed by atoms with van der Waals surface area (Å²) < 4.78 is 2.38. The minimum atomic E-state index is -0.205. The molecule has 1 atom stereocenters. The van der Waals surface area contributed by atoms with Crippen LogP contribution in [0.5, 0.6) is 0 Å². The Labute approximate surface area is 311 Å². The van der Waals surface area contributed by atoms with Gasteiger partial charge in [0, 0.05) is 39.5 Å². The lowest BCUT2D eigenvalue weighted by Crippen LogP contribution is -2.17. The number of allylic oxidation sites excluding steroid dienone is 4. The molecule has 252 valence electrons. The number of benzene rings is 6. The zero-order valence-corrected chi connectivity index (χ0v) is 29.9. The highest BCUT2D eigenvalue weighted by Crippen LogP contribution is 2.51. The lowest BCUT2D eigenvalue weighted by Gasteiger charge is -2.28. The highest BCUT2D eigenvalue weighted by molar-refractivity contribution is 6.08. The molecule has 0 bridgehead atoms. The summed E-state index contributed by atoms with van der Waals surface area (Å²) in [4.78, 5) is 2.41. The third-order valence-corrected chi connectivity index (χ3v) is 11.4. The third-order valence-electron chi connectivity index (χ3n) is 11.4. The van der Waals surface area contributed by atoms with Crippen molar-refractivity contribution >= 4 is 38.9 Å². The van der Waals surface area contributed by atoms with Crippen LogP contribution in [0, 0.1) is 12.1 Å². The van der Waals surface area contributed by atoms with E-state index in [4.69, 9.17) is 0 Å². The van der Waals surface area contributed by atoms with E-state index in [2.05, 4.69) is 205 Å². The average molecular weight is 679 g/mol. The maximum absolute atomic E-state index is 3.39. The number of anilines is 3. The summed E-state index contributed by atoms with van der Waals surface area (Å²) in [6.45, 7) is 4.75. The Bertz CT molecular complexity index is 2650. The fourth-order valence-electron chi connectivity index (χ4n) is 8.63. The van der Waals surface area contributed by atoms with Crippen molar-refractivity contribution in [3.8, 4) is 27.9 Å². The number of hydrogen-bond donors (Lipinski definition) is 0. The molecule has 8 aromatic rings. The molecule has 0 aliphatic heterocycles. The van der Waals surface area contributed by atoms with Gasteiger partial charge in [-0.1, -0.05) is 135 Å². The van der Waals surface area contributed by atoms with Crippen molar-refractivity contribution in [2.75, 3.05) is 4.90 Å². The first kappa shape index (κ1) is 31.2. The van der Waals surface area contributed by atoms with Gasteiger partial charge in [0.2, 0.25) is 0 Å². The van der Waals surface area contributed by atoms with Crippen molar-refractivity contribution in [2.45, 2.75) is 31.6 Å². The van der Waals surface area contributed by atoms with E-state index in [1.165, 1.54) is 55.5 Å². The summed E-state index contributed by atoms with van der Waals surface area (Å²) in [6.07, 6.45) is 9.90. The molecule has 0 N–H and O–H groups in total. The Balaban J connectivity index is 1.07. The topological polar surface area (TPSA) is 8.17 Å². The number of nitrogens with zero attached hydrogens (tertiary/aromatic N) is 2. The van der Waals surface area contributed by atoms with E-state index in [9.17, 15) is 0 Å². The average Bonchev–Trinajstić information content (AvgIpc) is 3.67. The van der Waals surface area contributed by atoms with Crippen LogP contribution in [0.2, 0.25) is 0 Å². The van der Waals surface area contributed by atoms with Crippen LogP contribution in [-0.2, 0) is 5.41 Å². The van der Waals surface area contributed by atoms with Crippen molar-refractivity contribution in [3.63, 3.8) is 0 Å². The number of rotatable bonds is 6. The second-order valence-corrected chi connectivity index (χ2v) is 14.8. The lowest BCUT2D eigenvalue weighted by atomic mass is 9.82. The van der Waals surface area contributed by atoms with Crippen molar-refractivity contribution in [1.82, 2.24) is 4.57 Å². The van der Waals surface area contributed by atoms with Crippen LogP contribution in [0.3, 0.4) is 0 Å². The van der Waals surface area contributed by atoms with Gasteiger partial charge < -0.3 is 9.47 Å². The SMILES string of the molecule is CC1(C)c2cc(N(c3ccc(-c4ccccc4)cc3)c3ccc(C4C=CC=CC4)cc3)ccc2-c2ccc(-n3c4ccc#cc4c4ccccc43)cc21. The molecule has 0 saturated heterocycles. The zero-order chi connectivity index (χ0) is 35.5. The van der Waals surface area contributed by atoms with E-state index >= 15 is 0 Å². The van der Waals surface area contributed by atoms with Gasteiger partial charge in [-0.3, -0.25) is 0 Å². The molecule has 10 rings (SSSR count). The molecular weight excluding hydrogens is 641 g/mol. The van der Waals surface area contributed by atoms with Gasteiger partial charge in [0.25, 0.3) is 0 Å². The van der Waals surface area contributed by atoms with Crippen LogP contribution >= 0.6 is 0 Å². The highest BCUT2D eigenvalue weighted by atomic mass is 15.1. The van der Waals surface area contributed by atoms with Crippen molar-refractivity contribution in [1.29, 1.82) is 0 Å². The summed E-state index contributed by atoms with van der Waals surface area (Å²) in [6, 6.07) is 62.1. The fraction of sp³-hybridized carbons (Fsp3) is 0.0980. The molecule has 1 aromatic heterocycles. The first-order chi connectivity index (χ1) is 26.0. The largest absolute Gasteiger partial charge is 0.310 e. The molecule has 2 nitrogen and oxygen atoms in total. The fourth-order valence-corrected chi connectivity index (χ4v) is 8.63. The molecular formula is C51H38N2. The monoisotopic (exact) mass is 678 g/mol. The number of hydrogen-bond acceptors (Lipinski definition) is 1. The quantitative estimate of drug-likeness (QED) is 0.170. The van der Waals surface area contributed by atoms with E-state index in [0.717, 1.165) is 34.4 Å². The molecule has 0 fully saturated rings. The second kappa shape index (κ2) is 12.3. The summed E-state index contributed by atoms with van der Waals surface area (Å²) >= 11 is 0. The minimum Gasteiger partial charge on any atom is -0.310 e. The Hall–Kier alpha value is -6.56. The maximum atomic E-state index is 3.39. The molecule has 2 heteroatoms. The van der Waals surface area contributed by atoms with E-state index in [0.29, 0.717) is 5.92 Å². The van der Waals surface area contributed by atoms with Gasteiger partial charge in [0.05, 0.1) is 16.4 Å². The van der Waals surface area contributed by atoms with E-state index in [-0.39, 0.29) is 5.41 Å². The molecule has 1 unspecified atom stereocenters. The Morgan fingerprint density at radius 2 is 1.30 bits per heavy atom. The van der Waals surface area contributed by atoms with Crippen LogP contribution in [0.25, 0.3) is 49.7 Å². The molecule has 2 aliphatic carbocycles. The van der Waals surface area contributed by atoms with E-state index in [1.54, 1.807) is 0 Å². The predicted octanol–water partition coefficient (Wildman–Crippen LogP) is 13.4. The maximum Gasteiger partial charge on any atom is 0.0631 e. The van der Waals surface area contributed by atoms with Crippen LogP contribution in [0.4, 0.5) is 17.1 Å². The van der Waals surface area contributed by atoms with Crippen LogP contribution < -0.4 is 4.90 Å². The first-order valence-corrected chi connectivity index (χ1v) is 18.5. The molecule has 1 heterocycles. The number of para-hydroxylation sites is 1. The highest BCUT2D eigenvalue weighted by Gasteiger charge is 2.36. The van der Waals surface area contributed by atoms with Crippen LogP contribution in [-0.4, -0.2) is 4.57 Å². The minimum absolute atomic E-state index is 0.205. The third kappa shape index (κ3) is 5.12. The normalized spacial score (nSPS) is 15.3. The number of aromatic nitrogens is 1. The van der Waals surface area contributed by atoms with Crippen molar-refractivity contribution in [2.24, 2.45) is 0 Å². The first-order valence-electron chi connectivity index (χ1n) is 18.5. The molecule has 2 aliphatic rings. The molecule has 0 spiro atoms. The standard InChI is InChI=1S/C51H38N2/c1-51(2)47-33-41(29-31-43(47)44-32-30-42(34-48(44)51)53-49-19-11-9-17-45(49)46-18-10-12-20-50(46)53)52(39-25-21-37(22-26-39)35-13-5-3-6-14-35)40-27-23-38(24-28-40)36-15-7-4-8-16-36/h3-9,11-15,17,19-34,36H,16H2,1-2H3. The van der Waals surface area contributed by atoms with Gasteiger partial charge in [0.15, 0.2) is 0 Å². The Morgan fingerprint density at radius 3 is 2.08 bits per heavy atom. The second-order valence-electron chi connectivity index (χ2n) is 14.8.